The summed E-state index contributed by atoms with van der Waals surface area (Å²) < 4.78 is 9.14. The summed E-state index contributed by atoms with van der Waals surface area (Å²) in [5, 5.41) is 2.02. The molecule has 2 aromatic carbocycles. The van der Waals surface area contributed by atoms with Gasteiger partial charge in [-0.15, -0.1) is 0 Å². The van der Waals surface area contributed by atoms with Crippen LogP contribution < -0.4 is 0 Å². The lowest BCUT2D eigenvalue weighted by Gasteiger charge is -2.20. The van der Waals surface area contributed by atoms with Crippen molar-refractivity contribution in [1.82, 2.24) is 4.57 Å². The van der Waals surface area contributed by atoms with Crippen molar-refractivity contribution >= 4 is 59.8 Å². The molecule has 0 atom stereocenters. The molecule has 0 aliphatic rings. The van der Waals surface area contributed by atoms with E-state index in [-0.39, 0.29) is 6.09 Å². The van der Waals surface area contributed by atoms with E-state index in [0.29, 0.717) is 0 Å². The van der Waals surface area contributed by atoms with Gasteiger partial charge in [-0.05, 0) is 57.2 Å². The Bertz CT molecular complexity index is 832. The van der Waals surface area contributed by atoms with E-state index < -0.39 is 5.60 Å². The smallest absolute Gasteiger partial charge is 0.419 e. The molecule has 0 saturated heterocycles. The highest BCUT2D eigenvalue weighted by Gasteiger charge is 2.22. The minimum absolute atomic E-state index is 0.364. The molecule has 1 aromatic heterocycles. The predicted octanol–water partition coefficient (Wildman–Crippen LogP) is 6.10. The number of nitrogens with zero attached hydrogens (tertiary/aromatic N) is 1. The van der Waals surface area contributed by atoms with Gasteiger partial charge in [-0.3, -0.25) is 0 Å². The summed E-state index contributed by atoms with van der Waals surface area (Å²) in [7, 11) is 0. The van der Waals surface area contributed by atoms with Crippen molar-refractivity contribution in [2.24, 2.45) is 0 Å². The van der Waals surface area contributed by atoms with Crippen LogP contribution in [0, 0.1) is 0 Å². The van der Waals surface area contributed by atoms with Crippen LogP contribution >= 0.6 is 31.9 Å². The normalized spacial score (nSPS) is 12.0. The summed E-state index contributed by atoms with van der Waals surface area (Å²) in [6.45, 7) is 5.60. The van der Waals surface area contributed by atoms with E-state index in [1.165, 1.54) is 0 Å². The molecular formula is C17H15Br2NO2. The first-order valence-electron chi connectivity index (χ1n) is 6.89. The van der Waals surface area contributed by atoms with Crippen molar-refractivity contribution in [3.8, 4) is 0 Å². The highest BCUT2D eigenvalue weighted by molar-refractivity contribution is 9.10. The topological polar surface area (TPSA) is 31.2 Å². The molecule has 3 aromatic rings. The Balaban J connectivity index is 2.34. The lowest BCUT2D eigenvalue weighted by atomic mass is 10.2. The zero-order chi connectivity index (χ0) is 16.1. The number of carbonyl (C=O) groups excluding carboxylic acids is 1. The molecule has 0 aliphatic carbocycles. The van der Waals surface area contributed by atoms with Gasteiger partial charge in [0.15, 0.2) is 0 Å². The molecule has 1 heterocycles. The van der Waals surface area contributed by atoms with Gasteiger partial charge >= 0.3 is 6.09 Å². The molecule has 0 N–H and O–H groups in total. The Morgan fingerprint density at radius 3 is 1.82 bits per heavy atom. The van der Waals surface area contributed by atoms with Crippen molar-refractivity contribution in [1.29, 1.82) is 0 Å². The lowest BCUT2D eigenvalue weighted by Crippen LogP contribution is -2.27. The van der Waals surface area contributed by atoms with Crippen molar-refractivity contribution in [2.75, 3.05) is 0 Å². The fourth-order valence-electron chi connectivity index (χ4n) is 2.47. The number of benzene rings is 2. The maximum absolute atomic E-state index is 12.6. The maximum atomic E-state index is 12.6. The molecule has 0 aliphatic heterocycles. The van der Waals surface area contributed by atoms with Crippen LogP contribution in [-0.2, 0) is 4.74 Å². The summed E-state index contributed by atoms with van der Waals surface area (Å²) in [6, 6.07) is 11.7. The molecule has 22 heavy (non-hydrogen) atoms. The van der Waals surface area contributed by atoms with Crippen LogP contribution in [0.25, 0.3) is 21.8 Å². The van der Waals surface area contributed by atoms with Gasteiger partial charge in [0.1, 0.15) is 5.60 Å². The van der Waals surface area contributed by atoms with Crippen LogP contribution in [0.1, 0.15) is 20.8 Å². The summed E-state index contributed by atoms with van der Waals surface area (Å²) in [4.78, 5) is 12.6. The fraction of sp³-hybridized carbons (Fsp3) is 0.235. The van der Waals surface area contributed by atoms with Crippen molar-refractivity contribution in [3.05, 3.63) is 45.3 Å². The Labute approximate surface area is 145 Å². The molecule has 0 unspecified atom stereocenters. The van der Waals surface area contributed by atoms with Crippen LogP contribution in [0.5, 0.6) is 0 Å². The van der Waals surface area contributed by atoms with E-state index in [0.717, 1.165) is 30.8 Å². The van der Waals surface area contributed by atoms with Gasteiger partial charge in [-0.2, -0.15) is 0 Å². The second-order valence-electron chi connectivity index (χ2n) is 6.14. The molecule has 0 bridgehead atoms. The zero-order valence-electron chi connectivity index (χ0n) is 12.5. The monoisotopic (exact) mass is 423 g/mol. The zero-order valence-corrected chi connectivity index (χ0v) is 15.7. The summed E-state index contributed by atoms with van der Waals surface area (Å²) in [6.07, 6.45) is -0.364. The highest BCUT2D eigenvalue weighted by Crippen LogP contribution is 2.33. The molecule has 114 valence electrons. The van der Waals surface area contributed by atoms with Crippen LogP contribution in [0.3, 0.4) is 0 Å². The first-order valence-corrected chi connectivity index (χ1v) is 8.47. The molecule has 0 spiro atoms. The molecule has 3 nitrogen and oxygen atoms in total. The highest BCUT2D eigenvalue weighted by atomic mass is 79.9. The van der Waals surface area contributed by atoms with E-state index in [1.807, 2.05) is 57.2 Å². The van der Waals surface area contributed by atoms with Gasteiger partial charge in [-0.25, -0.2) is 9.36 Å². The van der Waals surface area contributed by atoms with Gasteiger partial charge in [0, 0.05) is 19.7 Å². The SMILES string of the molecule is CC(C)(C)OC(=O)n1c2ccc(Br)cc2c2cc(Br)ccc21. The van der Waals surface area contributed by atoms with E-state index >= 15 is 0 Å². The minimum Gasteiger partial charge on any atom is -0.443 e. The number of carbonyl (C=O) groups is 1. The third kappa shape index (κ3) is 2.79. The Morgan fingerprint density at radius 1 is 0.955 bits per heavy atom. The first kappa shape index (κ1) is 15.6. The fourth-order valence-corrected chi connectivity index (χ4v) is 3.19. The van der Waals surface area contributed by atoms with Gasteiger partial charge in [0.2, 0.25) is 0 Å². The molecular weight excluding hydrogens is 410 g/mol. The Kier molecular flexibility index (Phi) is 3.81. The number of rotatable bonds is 0. The number of aromatic nitrogens is 1. The maximum Gasteiger partial charge on any atom is 0.419 e. The average Bonchev–Trinajstić information content (AvgIpc) is 2.70. The number of fused-ring (bicyclic) bond motifs is 3. The molecule has 0 saturated carbocycles. The average molecular weight is 425 g/mol. The molecule has 5 heteroatoms. The number of ether oxygens (including phenoxy) is 1. The number of hydrogen-bond donors (Lipinski definition) is 0. The third-order valence-electron chi connectivity index (χ3n) is 3.27. The molecule has 0 fully saturated rings. The predicted molar refractivity (Wildman–Crippen MR) is 96.5 cm³/mol. The van der Waals surface area contributed by atoms with Gasteiger partial charge < -0.3 is 4.74 Å². The van der Waals surface area contributed by atoms with Crippen LogP contribution in [0.2, 0.25) is 0 Å². The minimum atomic E-state index is -0.537. The first-order chi connectivity index (χ1) is 10.3. The van der Waals surface area contributed by atoms with Crippen LogP contribution in [0.15, 0.2) is 45.3 Å². The summed E-state index contributed by atoms with van der Waals surface area (Å²) in [5.74, 6) is 0. The van der Waals surface area contributed by atoms with Crippen molar-refractivity contribution in [2.45, 2.75) is 26.4 Å². The van der Waals surface area contributed by atoms with E-state index in [1.54, 1.807) is 4.57 Å². The summed E-state index contributed by atoms with van der Waals surface area (Å²) >= 11 is 6.99. The van der Waals surface area contributed by atoms with Gasteiger partial charge in [-0.1, -0.05) is 31.9 Å². The Morgan fingerprint density at radius 2 is 1.41 bits per heavy atom. The van der Waals surface area contributed by atoms with Crippen molar-refractivity contribution in [3.63, 3.8) is 0 Å². The van der Waals surface area contributed by atoms with E-state index in [9.17, 15) is 4.79 Å². The van der Waals surface area contributed by atoms with E-state index in [4.69, 9.17) is 4.74 Å². The lowest BCUT2D eigenvalue weighted by molar-refractivity contribution is 0.0551. The van der Waals surface area contributed by atoms with Crippen LogP contribution in [-0.4, -0.2) is 16.3 Å². The van der Waals surface area contributed by atoms with Gasteiger partial charge in [0.05, 0.1) is 11.0 Å². The second kappa shape index (κ2) is 5.39. The van der Waals surface area contributed by atoms with E-state index in [2.05, 4.69) is 31.9 Å². The third-order valence-corrected chi connectivity index (χ3v) is 4.25. The Hall–Kier alpha value is -1.33. The largest absolute Gasteiger partial charge is 0.443 e. The molecule has 0 amide bonds. The standard InChI is InChI=1S/C17H15Br2NO2/c1-17(2,3)22-16(21)20-14-6-4-10(18)8-12(14)13-9-11(19)5-7-15(13)20/h4-9H,1-3H3. The second-order valence-corrected chi connectivity index (χ2v) is 7.97. The molecule has 0 radical (unpaired) electrons. The number of hydrogen-bond acceptors (Lipinski definition) is 2. The summed E-state index contributed by atoms with van der Waals surface area (Å²) in [5.41, 5.74) is 1.14. The molecule has 3 rings (SSSR count). The van der Waals surface area contributed by atoms with Gasteiger partial charge in [0.25, 0.3) is 0 Å². The van der Waals surface area contributed by atoms with Crippen molar-refractivity contribution < 1.29 is 9.53 Å². The number of halogens is 2. The van der Waals surface area contributed by atoms with Crippen LogP contribution in [0.4, 0.5) is 4.79 Å². The quantitative estimate of drug-likeness (QED) is 0.436.